The molecule has 1 aromatic rings. The molecule has 0 bridgehead atoms. The molecule has 0 aliphatic heterocycles. The second-order valence-electron chi connectivity index (χ2n) is 2.10. The van der Waals surface area contributed by atoms with Gasteiger partial charge in [-0.25, -0.2) is 4.39 Å². The summed E-state index contributed by atoms with van der Waals surface area (Å²) in [6, 6.07) is 4.47. The van der Waals surface area contributed by atoms with Crippen LogP contribution in [0.5, 0.6) is 0 Å². The fourth-order valence-electron chi connectivity index (χ4n) is 0.754. The van der Waals surface area contributed by atoms with Crippen molar-refractivity contribution in [2.75, 3.05) is 5.73 Å². The molecule has 0 spiro atoms. The number of nitrogens with two attached hydrogens (primary N) is 1. The molecule has 2 N–H and O–H groups in total. The minimum Gasteiger partial charge on any atom is -0.396 e. The van der Waals surface area contributed by atoms with Crippen molar-refractivity contribution in [3.8, 4) is 11.8 Å². The van der Waals surface area contributed by atoms with Crippen molar-refractivity contribution in [2.24, 2.45) is 0 Å². The third-order valence-corrected chi connectivity index (χ3v) is 1.29. The average Bonchev–Trinajstić information content (AvgIpc) is 2.08. The molecule has 0 saturated heterocycles. The summed E-state index contributed by atoms with van der Waals surface area (Å²) in [4.78, 5) is 9.85. The first kappa shape index (κ1) is 8.28. The first-order valence-corrected chi connectivity index (χ1v) is 3.25. The molecule has 0 atom stereocenters. The van der Waals surface area contributed by atoms with Crippen LogP contribution in [0.1, 0.15) is 5.56 Å². The topological polar surface area (TPSA) is 43.1 Å². The van der Waals surface area contributed by atoms with Gasteiger partial charge in [-0.1, -0.05) is 12.0 Å². The minimum absolute atomic E-state index is 0.0349. The monoisotopic (exact) mass is 163 g/mol. The number of anilines is 1. The molecule has 0 radical (unpaired) electrons. The standard InChI is InChI=1S/C9H6FNO/c10-9-7(4-2-6-12)3-1-5-8(9)11/h1,3,5-6H,11H2. The zero-order valence-electron chi connectivity index (χ0n) is 6.17. The van der Waals surface area contributed by atoms with Gasteiger partial charge in [0.1, 0.15) is 0 Å². The van der Waals surface area contributed by atoms with Crippen LogP contribution in [0.15, 0.2) is 18.2 Å². The van der Waals surface area contributed by atoms with E-state index in [1.807, 2.05) is 0 Å². The molecule has 0 unspecified atom stereocenters. The molecule has 2 nitrogen and oxygen atoms in total. The quantitative estimate of drug-likeness (QED) is 0.351. The average molecular weight is 163 g/mol. The molecule has 1 rings (SSSR count). The van der Waals surface area contributed by atoms with E-state index in [9.17, 15) is 9.18 Å². The molecule has 0 aromatic heterocycles. The highest BCUT2D eigenvalue weighted by molar-refractivity contribution is 5.74. The lowest BCUT2D eigenvalue weighted by Gasteiger charge is -1.96. The van der Waals surface area contributed by atoms with Crippen molar-refractivity contribution in [3.63, 3.8) is 0 Å². The van der Waals surface area contributed by atoms with Gasteiger partial charge in [0.15, 0.2) is 12.1 Å². The number of aldehydes is 1. The number of nitrogen functional groups attached to an aromatic ring is 1. The molecular formula is C9H6FNO. The van der Waals surface area contributed by atoms with E-state index in [0.29, 0.717) is 6.29 Å². The molecule has 0 saturated carbocycles. The number of carbonyl (C=O) groups is 1. The van der Waals surface area contributed by atoms with Crippen molar-refractivity contribution in [1.82, 2.24) is 0 Å². The first-order valence-electron chi connectivity index (χ1n) is 3.25. The van der Waals surface area contributed by atoms with E-state index in [4.69, 9.17) is 5.73 Å². The van der Waals surface area contributed by atoms with Crippen molar-refractivity contribution in [1.29, 1.82) is 0 Å². The Morgan fingerprint density at radius 3 is 2.92 bits per heavy atom. The molecule has 12 heavy (non-hydrogen) atoms. The summed E-state index contributed by atoms with van der Waals surface area (Å²) in [7, 11) is 0. The van der Waals surface area contributed by atoms with Crippen LogP contribution in [0.2, 0.25) is 0 Å². The lowest BCUT2D eigenvalue weighted by atomic mass is 10.2. The molecule has 3 heteroatoms. The van der Waals surface area contributed by atoms with Crippen LogP contribution in [-0.2, 0) is 4.79 Å². The van der Waals surface area contributed by atoms with Gasteiger partial charge in [-0.3, -0.25) is 4.79 Å². The van der Waals surface area contributed by atoms with E-state index in [1.165, 1.54) is 12.1 Å². The molecular weight excluding hydrogens is 157 g/mol. The summed E-state index contributed by atoms with van der Waals surface area (Å²) in [6.45, 7) is 0. The van der Waals surface area contributed by atoms with Gasteiger partial charge < -0.3 is 5.73 Å². The van der Waals surface area contributed by atoms with Gasteiger partial charge >= 0.3 is 0 Å². The summed E-state index contributed by atoms with van der Waals surface area (Å²) in [5, 5.41) is 0. The van der Waals surface area contributed by atoms with E-state index >= 15 is 0 Å². The smallest absolute Gasteiger partial charge is 0.193 e. The SMILES string of the molecule is Nc1cccc(C#CC=O)c1F. The summed E-state index contributed by atoms with van der Waals surface area (Å²) >= 11 is 0. The Kier molecular flexibility index (Phi) is 2.44. The maximum absolute atomic E-state index is 13.0. The Bertz CT molecular complexity index is 363. The van der Waals surface area contributed by atoms with Crippen LogP contribution in [0.3, 0.4) is 0 Å². The third kappa shape index (κ3) is 1.61. The van der Waals surface area contributed by atoms with E-state index in [-0.39, 0.29) is 11.3 Å². The minimum atomic E-state index is -0.577. The molecule has 0 fully saturated rings. The summed E-state index contributed by atoms with van der Waals surface area (Å²) in [5.41, 5.74) is 5.44. The van der Waals surface area contributed by atoms with Crippen molar-refractivity contribution in [3.05, 3.63) is 29.6 Å². The Labute approximate surface area is 69.2 Å². The maximum atomic E-state index is 13.0. The molecule has 0 heterocycles. The molecule has 60 valence electrons. The predicted octanol–water partition coefficient (Wildman–Crippen LogP) is 0.958. The van der Waals surface area contributed by atoms with Crippen molar-refractivity contribution in [2.45, 2.75) is 0 Å². The van der Waals surface area contributed by atoms with Crippen LogP contribution >= 0.6 is 0 Å². The van der Waals surface area contributed by atoms with E-state index in [0.717, 1.165) is 0 Å². The molecule has 0 aliphatic rings. The van der Waals surface area contributed by atoms with Gasteiger partial charge in [0.25, 0.3) is 0 Å². The molecule has 1 aromatic carbocycles. The fourth-order valence-corrected chi connectivity index (χ4v) is 0.754. The second kappa shape index (κ2) is 3.54. The Balaban J connectivity index is 3.16. The number of hydrogen-bond acceptors (Lipinski definition) is 2. The van der Waals surface area contributed by atoms with E-state index in [2.05, 4.69) is 11.8 Å². The largest absolute Gasteiger partial charge is 0.396 e. The van der Waals surface area contributed by atoms with Gasteiger partial charge in [-0.15, -0.1) is 0 Å². The zero-order valence-corrected chi connectivity index (χ0v) is 6.17. The lowest BCUT2D eigenvalue weighted by molar-refractivity contribution is -0.103. The van der Waals surface area contributed by atoms with Crippen LogP contribution < -0.4 is 5.73 Å². The number of benzene rings is 1. The van der Waals surface area contributed by atoms with Gasteiger partial charge in [0.05, 0.1) is 11.3 Å². The fraction of sp³-hybridized carbons (Fsp3) is 0. The Morgan fingerprint density at radius 2 is 2.25 bits per heavy atom. The van der Waals surface area contributed by atoms with Crippen LogP contribution in [0.4, 0.5) is 10.1 Å². The Morgan fingerprint density at radius 1 is 1.50 bits per heavy atom. The van der Waals surface area contributed by atoms with Crippen LogP contribution in [-0.4, -0.2) is 6.29 Å². The van der Waals surface area contributed by atoms with Crippen molar-refractivity contribution < 1.29 is 9.18 Å². The van der Waals surface area contributed by atoms with E-state index < -0.39 is 5.82 Å². The van der Waals surface area contributed by atoms with Crippen molar-refractivity contribution >= 4 is 12.0 Å². The first-order chi connectivity index (χ1) is 5.75. The summed E-state index contributed by atoms with van der Waals surface area (Å²) < 4.78 is 13.0. The third-order valence-electron chi connectivity index (χ3n) is 1.29. The summed E-state index contributed by atoms with van der Waals surface area (Å²) in [6.07, 6.45) is 0.405. The lowest BCUT2D eigenvalue weighted by Crippen LogP contribution is -1.92. The number of halogens is 1. The zero-order chi connectivity index (χ0) is 8.97. The number of rotatable bonds is 0. The van der Waals surface area contributed by atoms with Gasteiger partial charge in [0, 0.05) is 0 Å². The van der Waals surface area contributed by atoms with Crippen LogP contribution in [0, 0.1) is 17.7 Å². The number of hydrogen-bond donors (Lipinski definition) is 1. The van der Waals surface area contributed by atoms with Gasteiger partial charge in [0.2, 0.25) is 0 Å². The number of carbonyl (C=O) groups excluding carboxylic acids is 1. The normalized spacial score (nSPS) is 8.42. The molecule has 0 aliphatic carbocycles. The Hall–Kier alpha value is -1.82. The van der Waals surface area contributed by atoms with Gasteiger partial charge in [-0.05, 0) is 18.1 Å². The summed E-state index contributed by atoms with van der Waals surface area (Å²) in [5.74, 6) is 3.86. The van der Waals surface area contributed by atoms with E-state index in [1.54, 1.807) is 6.07 Å². The molecule has 0 amide bonds. The highest BCUT2D eigenvalue weighted by Gasteiger charge is 2.00. The second-order valence-corrected chi connectivity index (χ2v) is 2.10. The van der Waals surface area contributed by atoms with Crippen LogP contribution in [0.25, 0.3) is 0 Å². The maximum Gasteiger partial charge on any atom is 0.193 e. The highest BCUT2D eigenvalue weighted by Crippen LogP contribution is 2.12. The highest BCUT2D eigenvalue weighted by atomic mass is 19.1. The predicted molar refractivity (Wildman–Crippen MR) is 43.8 cm³/mol. The van der Waals surface area contributed by atoms with Gasteiger partial charge in [-0.2, -0.15) is 0 Å².